The van der Waals surface area contributed by atoms with Crippen LogP contribution in [0.15, 0.2) is 58.3 Å². The molecule has 5 nitrogen and oxygen atoms in total. The van der Waals surface area contributed by atoms with Gasteiger partial charge in [0, 0.05) is 21.9 Å². The van der Waals surface area contributed by atoms with E-state index in [0.29, 0.717) is 15.6 Å². The van der Waals surface area contributed by atoms with Gasteiger partial charge < -0.3 is 5.32 Å². The molecule has 23 heavy (non-hydrogen) atoms. The van der Waals surface area contributed by atoms with Crippen molar-refractivity contribution in [1.82, 2.24) is 0 Å². The van der Waals surface area contributed by atoms with Crippen LogP contribution in [0.3, 0.4) is 0 Å². The Kier molecular flexibility index (Phi) is 5.56. The molecule has 0 radical (unpaired) electrons. The summed E-state index contributed by atoms with van der Waals surface area (Å²) in [5, 5.41) is 3.03. The lowest BCUT2D eigenvalue weighted by molar-refractivity contribution is -0.113. The van der Waals surface area contributed by atoms with Crippen molar-refractivity contribution in [1.29, 1.82) is 0 Å². The van der Waals surface area contributed by atoms with Crippen LogP contribution in [0.25, 0.3) is 0 Å². The van der Waals surface area contributed by atoms with Gasteiger partial charge in [-0.3, -0.25) is 9.00 Å². The van der Waals surface area contributed by atoms with Crippen LogP contribution in [0.4, 0.5) is 5.69 Å². The summed E-state index contributed by atoms with van der Waals surface area (Å²) in [6.07, 6.45) is 1.11. The normalized spacial score (nSPS) is 12.6. The predicted molar refractivity (Wildman–Crippen MR) is 90.9 cm³/mol. The molecule has 0 aliphatic heterocycles. The molecule has 1 amide bonds. The summed E-state index contributed by atoms with van der Waals surface area (Å²) in [5.74, 6) is -0.649. The van der Waals surface area contributed by atoms with Gasteiger partial charge in [0.1, 0.15) is 5.75 Å². The van der Waals surface area contributed by atoms with Crippen LogP contribution in [0, 0.1) is 0 Å². The standard InChI is InChI=1S/C15H14ClNO4S2/c1-23(20,21)14-7-5-12(6-8-14)17-15(18)10-22(19)13-4-2-3-11(16)9-13/h2-9H,10H2,1H3,(H,17,18). The number of rotatable bonds is 5. The summed E-state index contributed by atoms with van der Waals surface area (Å²) >= 11 is 5.82. The maximum Gasteiger partial charge on any atom is 0.237 e. The van der Waals surface area contributed by atoms with Crippen molar-refractivity contribution < 1.29 is 17.4 Å². The fourth-order valence-electron chi connectivity index (χ4n) is 1.79. The molecule has 1 N–H and O–H groups in total. The van der Waals surface area contributed by atoms with E-state index in [-0.39, 0.29) is 10.6 Å². The molecule has 0 spiro atoms. The van der Waals surface area contributed by atoms with Crippen molar-refractivity contribution in [3.05, 3.63) is 53.6 Å². The van der Waals surface area contributed by atoms with Gasteiger partial charge in [0.05, 0.1) is 15.7 Å². The van der Waals surface area contributed by atoms with Crippen molar-refractivity contribution in [3.63, 3.8) is 0 Å². The van der Waals surface area contributed by atoms with Crippen molar-refractivity contribution in [2.24, 2.45) is 0 Å². The van der Waals surface area contributed by atoms with E-state index in [1.807, 2.05) is 0 Å². The molecule has 0 heterocycles. The van der Waals surface area contributed by atoms with Crippen molar-refractivity contribution >= 4 is 43.8 Å². The highest BCUT2D eigenvalue weighted by molar-refractivity contribution is 7.90. The van der Waals surface area contributed by atoms with E-state index in [0.717, 1.165) is 6.26 Å². The van der Waals surface area contributed by atoms with Crippen LogP contribution in [0.2, 0.25) is 5.02 Å². The highest BCUT2D eigenvalue weighted by Gasteiger charge is 2.12. The first-order valence-corrected chi connectivity index (χ1v) is 10.1. The monoisotopic (exact) mass is 371 g/mol. The van der Waals surface area contributed by atoms with Crippen molar-refractivity contribution in [2.45, 2.75) is 9.79 Å². The van der Waals surface area contributed by atoms with Crippen LogP contribution < -0.4 is 5.32 Å². The van der Waals surface area contributed by atoms with Crippen molar-refractivity contribution in [3.8, 4) is 0 Å². The molecule has 0 saturated carbocycles. The number of halogens is 1. The van der Waals surface area contributed by atoms with Gasteiger partial charge in [-0.05, 0) is 42.5 Å². The zero-order chi connectivity index (χ0) is 17.0. The lowest BCUT2D eigenvalue weighted by Crippen LogP contribution is -2.19. The minimum Gasteiger partial charge on any atom is -0.325 e. The molecule has 0 aliphatic carbocycles. The maximum atomic E-state index is 12.1. The predicted octanol–water partition coefficient (Wildman–Crippen LogP) is 2.49. The van der Waals surface area contributed by atoms with Gasteiger partial charge >= 0.3 is 0 Å². The Morgan fingerprint density at radius 2 is 1.83 bits per heavy atom. The Bertz CT molecular complexity index is 848. The van der Waals surface area contributed by atoms with Gasteiger partial charge in [-0.25, -0.2) is 8.42 Å². The quantitative estimate of drug-likeness (QED) is 0.875. The highest BCUT2D eigenvalue weighted by atomic mass is 35.5. The minimum absolute atomic E-state index is 0.165. The molecule has 8 heteroatoms. The van der Waals surface area contributed by atoms with Gasteiger partial charge in [-0.2, -0.15) is 0 Å². The third-order valence-electron chi connectivity index (χ3n) is 2.89. The molecular weight excluding hydrogens is 358 g/mol. The molecule has 0 aromatic heterocycles. The summed E-state index contributed by atoms with van der Waals surface area (Å²) in [7, 11) is -4.79. The molecule has 2 aromatic carbocycles. The number of hydrogen-bond acceptors (Lipinski definition) is 4. The molecule has 122 valence electrons. The van der Waals surface area contributed by atoms with E-state index < -0.39 is 26.5 Å². The molecule has 0 fully saturated rings. The van der Waals surface area contributed by atoms with E-state index in [9.17, 15) is 17.4 Å². The molecule has 2 aromatic rings. The summed E-state index contributed by atoms with van der Waals surface area (Å²) < 4.78 is 34.8. The van der Waals surface area contributed by atoms with E-state index in [4.69, 9.17) is 11.6 Å². The third-order valence-corrected chi connectivity index (χ3v) is 5.56. The SMILES string of the molecule is CS(=O)(=O)c1ccc(NC(=O)CS(=O)c2cccc(Cl)c2)cc1. The first kappa shape index (κ1) is 17.7. The summed E-state index contributed by atoms with van der Waals surface area (Å²) in [4.78, 5) is 12.5. The average molecular weight is 372 g/mol. The molecular formula is C15H14ClNO4S2. The molecule has 0 bridgehead atoms. The lowest BCUT2D eigenvalue weighted by Gasteiger charge is -2.06. The number of nitrogens with one attached hydrogen (secondary N) is 1. The van der Waals surface area contributed by atoms with Gasteiger partial charge in [0.2, 0.25) is 5.91 Å². The van der Waals surface area contributed by atoms with Gasteiger partial charge in [0.25, 0.3) is 0 Å². The van der Waals surface area contributed by atoms with E-state index >= 15 is 0 Å². The number of sulfone groups is 1. The zero-order valence-corrected chi connectivity index (χ0v) is 14.5. The molecule has 1 atom stereocenters. The summed E-state index contributed by atoms with van der Waals surface area (Å²) in [5.41, 5.74) is 0.436. The molecule has 0 saturated heterocycles. The Hall–Kier alpha value is -1.70. The number of amides is 1. The average Bonchev–Trinajstić information content (AvgIpc) is 2.46. The van der Waals surface area contributed by atoms with Crippen molar-refractivity contribution in [2.75, 3.05) is 17.3 Å². The smallest absolute Gasteiger partial charge is 0.237 e. The van der Waals surface area contributed by atoms with E-state index in [2.05, 4.69) is 5.32 Å². The fraction of sp³-hybridized carbons (Fsp3) is 0.133. The zero-order valence-electron chi connectivity index (χ0n) is 12.2. The van der Waals surface area contributed by atoms with Gasteiger partial charge in [-0.15, -0.1) is 0 Å². The van der Waals surface area contributed by atoms with Crippen LogP contribution in [0.1, 0.15) is 0 Å². The summed E-state index contributed by atoms with van der Waals surface area (Å²) in [6.45, 7) is 0. The molecule has 0 aliphatic rings. The highest BCUT2D eigenvalue weighted by Crippen LogP contribution is 2.16. The Morgan fingerprint density at radius 1 is 1.17 bits per heavy atom. The number of benzene rings is 2. The second-order valence-corrected chi connectivity index (χ2v) is 8.70. The largest absolute Gasteiger partial charge is 0.325 e. The lowest BCUT2D eigenvalue weighted by atomic mass is 10.3. The van der Waals surface area contributed by atoms with Crippen LogP contribution in [-0.4, -0.2) is 30.5 Å². The minimum atomic E-state index is -3.28. The van der Waals surface area contributed by atoms with Crippen LogP contribution in [-0.2, 0) is 25.4 Å². The first-order valence-electron chi connectivity index (χ1n) is 6.49. The van der Waals surface area contributed by atoms with Crippen LogP contribution >= 0.6 is 11.6 Å². The molecule has 1 unspecified atom stereocenters. The maximum absolute atomic E-state index is 12.1. The third kappa shape index (κ3) is 5.16. The first-order chi connectivity index (χ1) is 10.8. The number of carbonyl (C=O) groups is 1. The Morgan fingerprint density at radius 3 is 2.39 bits per heavy atom. The number of carbonyl (C=O) groups excluding carboxylic acids is 1. The molecule has 2 rings (SSSR count). The Labute approximate surface area is 142 Å². The topological polar surface area (TPSA) is 80.3 Å². The number of anilines is 1. The number of hydrogen-bond donors (Lipinski definition) is 1. The van der Waals surface area contributed by atoms with E-state index in [1.165, 1.54) is 24.3 Å². The summed E-state index contributed by atoms with van der Waals surface area (Å²) in [6, 6.07) is 12.3. The van der Waals surface area contributed by atoms with Gasteiger partial charge in [-0.1, -0.05) is 17.7 Å². The second kappa shape index (κ2) is 7.25. The van der Waals surface area contributed by atoms with E-state index in [1.54, 1.807) is 24.3 Å². The van der Waals surface area contributed by atoms with Gasteiger partial charge in [0.15, 0.2) is 9.84 Å². The fourth-order valence-corrected chi connectivity index (χ4v) is 3.64. The van der Waals surface area contributed by atoms with Crippen LogP contribution in [0.5, 0.6) is 0 Å². The second-order valence-electron chi connectivity index (χ2n) is 4.79. The Balaban J connectivity index is 2.01.